The van der Waals surface area contributed by atoms with Gasteiger partial charge in [0.1, 0.15) is 0 Å². The number of ether oxygens (including phenoxy) is 1. The van der Waals surface area contributed by atoms with E-state index in [0.717, 1.165) is 18.4 Å². The Morgan fingerprint density at radius 3 is 2.72 bits per heavy atom. The number of hydrogen-bond acceptors (Lipinski definition) is 1. The number of hydrogen-bond donors (Lipinski definition) is 0. The average Bonchev–Trinajstić information content (AvgIpc) is 2.39. The summed E-state index contributed by atoms with van der Waals surface area (Å²) in [6.07, 6.45) is 10.6. The largest absolute Gasteiger partial charge is 0.374 e. The van der Waals surface area contributed by atoms with E-state index >= 15 is 0 Å². The molecular weight excluding hydrogens is 335 g/mol. The van der Waals surface area contributed by atoms with Gasteiger partial charge in [-0.15, -0.1) is 0 Å². The summed E-state index contributed by atoms with van der Waals surface area (Å²) in [5.74, 6) is 1.63. The molecule has 0 amide bonds. The van der Waals surface area contributed by atoms with Gasteiger partial charge >= 0.3 is 0 Å². The molecule has 1 aliphatic rings. The van der Waals surface area contributed by atoms with Crippen LogP contribution in [0.4, 0.5) is 0 Å². The Morgan fingerprint density at radius 2 is 2.17 bits per heavy atom. The predicted molar refractivity (Wildman–Crippen MR) is 88.5 cm³/mol. The zero-order valence-corrected chi connectivity index (χ0v) is 14.7. The van der Waals surface area contributed by atoms with E-state index in [0.29, 0.717) is 0 Å². The van der Waals surface area contributed by atoms with Gasteiger partial charge in [-0.2, -0.15) is 0 Å². The molecule has 1 rings (SSSR count). The monoisotopic (exact) mass is 366 g/mol. The molecule has 18 heavy (non-hydrogen) atoms. The molecule has 1 aliphatic carbocycles. The van der Waals surface area contributed by atoms with E-state index in [1.165, 1.54) is 55.8 Å². The third kappa shape index (κ3) is 5.36. The van der Waals surface area contributed by atoms with Crippen LogP contribution >= 0.6 is 22.6 Å². The number of rotatable bonds is 8. The van der Waals surface area contributed by atoms with E-state index in [2.05, 4.69) is 43.4 Å². The molecule has 0 N–H and O–H groups in total. The van der Waals surface area contributed by atoms with Crippen LogP contribution in [0.3, 0.4) is 0 Å². The highest BCUT2D eigenvalue weighted by Crippen LogP contribution is 2.37. The molecule has 0 radical (unpaired) electrons. The predicted octanol–water partition coefficient (Wildman–Crippen LogP) is 5.60. The van der Waals surface area contributed by atoms with Crippen molar-refractivity contribution in [3.63, 3.8) is 0 Å². The lowest BCUT2D eigenvalue weighted by molar-refractivity contribution is -0.0764. The third-order valence-electron chi connectivity index (χ3n) is 4.46. The van der Waals surface area contributed by atoms with Gasteiger partial charge in [0.05, 0.1) is 12.2 Å². The lowest BCUT2D eigenvalue weighted by Crippen LogP contribution is -2.40. The van der Waals surface area contributed by atoms with Gasteiger partial charge in [0.2, 0.25) is 0 Å². The summed E-state index contributed by atoms with van der Waals surface area (Å²) >= 11 is 2.53. The van der Waals surface area contributed by atoms with Crippen molar-refractivity contribution >= 4 is 22.6 Å². The fourth-order valence-corrected chi connectivity index (χ4v) is 4.01. The van der Waals surface area contributed by atoms with Crippen molar-refractivity contribution in [2.45, 2.75) is 77.7 Å². The van der Waals surface area contributed by atoms with E-state index in [4.69, 9.17) is 4.74 Å². The Bertz CT molecular complexity index is 219. The minimum atomic E-state index is 0.206. The zero-order chi connectivity index (χ0) is 13.4. The first-order valence-electron chi connectivity index (χ1n) is 7.85. The van der Waals surface area contributed by atoms with Crippen LogP contribution in [0.5, 0.6) is 0 Å². The lowest BCUT2D eigenvalue weighted by Gasteiger charge is -2.39. The van der Waals surface area contributed by atoms with Crippen molar-refractivity contribution in [2.75, 3.05) is 11.0 Å². The zero-order valence-electron chi connectivity index (χ0n) is 12.5. The maximum Gasteiger partial charge on any atom is 0.0774 e. The Labute approximate surface area is 128 Å². The van der Waals surface area contributed by atoms with Crippen LogP contribution in [0.1, 0.15) is 72.1 Å². The van der Waals surface area contributed by atoms with Crippen molar-refractivity contribution in [1.29, 1.82) is 0 Å². The van der Waals surface area contributed by atoms with Gasteiger partial charge in [-0.25, -0.2) is 0 Å². The first-order chi connectivity index (χ1) is 8.65. The van der Waals surface area contributed by atoms with Crippen LogP contribution in [-0.4, -0.2) is 16.6 Å². The van der Waals surface area contributed by atoms with Crippen molar-refractivity contribution in [3.05, 3.63) is 0 Å². The van der Waals surface area contributed by atoms with Gasteiger partial charge in [-0.3, -0.25) is 0 Å². The standard InChI is InChI=1S/C16H31IO/c1-4-6-9-15(5-2)12-18-16(13-17)10-7-8-14(3)11-16/h14-15H,4-13H2,1-3H3. The minimum Gasteiger partial charge on any atom is -0.374 e. The highest BCUT2D eigenvalue weighted by atomic mass is 127. The van der Waals surface area contributed by atoms with Crippen molar-refractivity contribution in [2.24, 2.45) is 11.8 Å². The van der Waals surface area contributed by atoms with Crippen LogP contribution in [0.2, 0.25) is 0 Å². The summed E-state index contributed by atoms with van der Waals surface area (Å²) in [6.45, 7) is 7.97. The van der Waals surface area contributed by atoms with Crippen LogP contribution in [0, 0.1) is 11.8 Å². The molecule has 0 aromatic carbocycles. The fourth-order valence-electron chi connectivity index (χ4n) is 3.10. The van der Waals surface area contributed by atoms with Gasteiger partial charge in [0.25, 0.3) is 0 Å². The van der Waals surface area contributed by atoms with E-state index in [9.17, 15) is 0 Å². The second-order valence-corrected chi connectivity index (χ2v) is 7.01. The molecule has 1 nitrogen and oxygen atoms in total. The summed E-state index contributed by atoms with van der Waals surface area (Å²) in [5.41, 5.74) is 0.206. The second kappa shape index (κ2) is 8.78. The van der Waals surface area contributed by atoms with Crippen LogP contribution in [-0.2, 0) is 4.74 Å². The smallest absolute Gasteiger partial charge is 0.0774 e. The molecule has 0 bridgehead atoms. The number of unbranched alkanes of at least 4 members (excludes halogenated alkanes) is 1. The highest BCUT2D eigenvalue weighted by molar-refractivity contribution is 14.1. The molecule has 0 spiro atoms. The molecule has 2 heteroatoms. The van der Waals surface area contributed by atoms with Crippen molar-refractivity contribution < 1.29 is 4.74 Å². The molecule has 0 saturated heterocycles. The summed E-state index contributed by atoms with van der Waals surface area (Å²) in [6, 6.07) is 0. The molecule has 0 aromatic rings. The minimum absolute atomic E-state index is 0.206. The topological polar surface area (TPSA) is 9.23 Å². The Hall–Kier alpha value is 0.690. The molecule has 3 atom stereocenters. The Kier molecular flexibility index (Phi) is 8.17. The number of halogens is 1. The number of alkyl halides is 1. The molecular formula is C16H31IO. The summed E-state index contributed by atoms with van der Waals surface area (Å²) in [7, 11) is 0. The fraction of sp³-hybridized carbons (Fsp3) is 1.00. The molecule has 108 valence electrons. The van der Waals surface area contributed by atoms with E-state index < -0.39 is 0 Å². The van der Waals surface area contributed by atoms with Gasteiger partial charge in [0, 0.05) is 4.43 Å². The van der Waals surface area contributed by atoms with E-state index in [-0.39, 0.29) is 5.60 Å². The first kappa shape index (κ1) is 16.7. The molecule has 3 unspecified atom stereocenters. The lowest BCUT2D eigenvalue weighted by atomic mass is 9.80. The van der Waals surface area contributed by atoms with Crippen molar-refractivity contribution in [3.8, 4) is 0 Å². The third-order valence-corrected chi connectivity index (χ3v) is 5.85. The van der Waals surface area contributed by atoms with Gasteiger partial charge in [0.15, 0.2) is 0 Å². The van der Waals surface area contributed by atoms with Gasteiger partial charge < -0.3 is 4.74 Å². The molecule has 1 saturated carbocycles. The van der Waals surface area contributed by atoms with E-state index in [1.54, 1.807) is 0 Å². The summed E-state index contributed by atoms with van der Waals surface area (Å²) < 4.78 is 7.60. The van der Waals surface area contributed by atoms with E-state index in [1.807, 2.05) is 0 Å². The van der Waals surface area contributed by atoms with Crippen LogP contribution in [0.15, 0.2) is 0 Å². The molecule has 1 fully saturated rings. The summed E-state index contributed by atoms with van der Waals surface area (Å²) in [4.78, 5) is 0. The first-order valence-corrected chi connectivity index (χ1v) is 9.38. The van der Waals surface area contributed by atoms with Gasteiger partial charge in [-0.05, 0) is 31.1 Å². The Balaban J connectivity index is 2.41. The molecule has 0 heterocycles. The van der Waals surface area contributed by atoms with Crippen LogP contribution < -0.4 is 0 Å². The average molecular weight is 366 g/mol. The quantitative estimate of drug-likeness (QED) is 0.401. The maximum absolute atomic E-state index is 6.43. The second-order valence-electron chi connectivity index (χ2n) is 6.25. The Morgan fingerprint density at radius 1 is 1.39 bits per heavy atom. The normalized spacial score (nSPS) is 30.3. The van der Waals surface area contributed by atoms with Crippen molar-refractivity contribution in [1.82, 2.24) is 0 Å². The summed E-state index contributed by atoms with van der Waals surface area (Å²) in [5, 5.41) is 0. The van der Waals surface area contributed by atoms with Gasteiger partial charge in [-0.1, -0.05) is 75.5 Å². The maximum atomic E-state index is 6.43. The van der Waals surface area contributed by atoms with Crippen LogP contribution in [0.25, 0.3) is 0 Å². The highest BCUT2D eigenvalue weighted by Gasteiger charge is 2.35. The SMILES string of the molecule is CCCCC(CC)COC1(CI)CCCC(C)C1. The molecule has 0 aliphatic heterocycles. The molecule has 0 aromatic heterocycles.